The Morgan fingerprint density at radius 1 is 0.722 bits per heavy atom. The number of hydrogen-bond donors (Lipinski definition) is 0. The summed E-state index contributed by atoms with van der Waals surface area (Å²) in [6.45, 7) is 15.7. The summed E-state index contributed by atoms with van der Waals surface area (Å²) in [6.07, 6.45) is 14.9. The summed E-state index contributed by atoms with van der Waals surface area (Å²) in [5.41, 5.74) is 0. The molecule has 1 aliphatic rings. The molecule has 0 saturated heterocycles. The molecule has 1 atom stereocenters. The molecule has 0 N–H and O–H groups in total. The average Bonchev–Trinajstić information content (AvgIpc) is 3.64. The Balaban J connectivity index is 0.00000176. The smallest absolute Gasteiger partial charge is 0.0584 e. The van der Waals surface area contributed by atoms with Crippen LogP contribution in [-0.4, -0.2) is 5.75 Å². The zero-order chi connectivity index (χ0) is 26.1. The normalized spacial score (nSPS) is 15.2. The standard InChI is InChI=1S/C30H44S4.C2H6/c1-6-9-11-12-13-14-16-25-17-18-28(33-25)34(21-24(8-3)15-10-7-2)26-19-22(4)31-29(26)30-27(34)20-23(5)32-30;1-2/h17-20,24H,6-16,21H2,1-5H3;1-2H3. The summed E-state index contributed by atoms with van der Waals surface area (Å²) in [6, 6.07) is 10.2. The minimum Gasteiger partial charge on any atom is -0.148 e. The first kappa shape index (κ1) is 30.0. The molecule has 4 rings (SSSR count). The summed E-state index contributed by atoms with van der Waals surface area (Å²) < 4.78 is 1.69. The zero-order valence-corrected chi connectivity index (χ0v) is 27.3. The van der Waals surface area contributed by atoms with Gasteiger partial charge in [0.05, 0.1) is 14.0 Å². The lowest BCUT2D eigenvalue weighted by atomic mass is 10.0. The van der Waals surface area contributed by atoms with Crippen molar-refractivity contribution in [2.75, 3.05) is 5.75 Å². The van der Waals surface area contributed by atoms with E-state index in [0.29, 0.717) is 0 Å². The fourth-order valence-electron chi connectivity index (χ4n) is 5.42. The Kier molecular flexibility index (Phi) is 12.1. The molecule has 3 aromatic heterocycles. The van der Waals surface area contributed by atoms with Gasteiger partial charge in [-0.05, 0) is 69.0 Å². The molecule has 4 heterocycles. The molecule has 36 heavy (non-hydrogen) atoms. The Morgan fingerprint density at radius 2 is 1.31 bits per heavy atom. The van der Waals surface area contributed by atoms with Gasteiger partial charge in [-0.15, -0.1) is 44.0 Å². The van der Waals surface area contributed by atoms with Crippen molar-refractivity contribution in [3.05, 3.63) is 38.9 Å². The van der Waals surface area contributed by atoms with E-state index >= 15 is 0 Å². The molecule has 3 aromatic rings. The highest BCUT2D eigenvalue weighted by molar-refractivity contribution is 8.35. The lowest BCUT2D eigenvalue weighted by molar-refractivity contribution is 0.497. The van der Waals surface area contributed by atoms with Crippen LogP contribution in [0.15, 0.2) is 38.3 Å². The van der Waals surface area contributed by atoms with Crippen molar-refractivity contribution in [2.45, 2.75) is 133 Å². The topological polar surface area (TPSA) is 0 Å². The zero-order valence-electron chi connectivity index (χ0n) is 24.0. The first-order chi connectivity index (χ1) is 17.5. The van der Waals surface area contributed by atoms with Gasteiger partial charge >= 0.3 is 0 Å². The van der Waals surface area contributed by atoms with Crippen molar-refractivity contribution in [3.63, 3.8) is 0 Å². The van der Waals surface area contributed by atoms with E-state index in [-0.39, 0.29) is 0 Å². The van der Waals surface area contributed by atoms with Gasteiger partial charge in [-0.25, -0.2) is 0 Å². The Hall–Kier alpha value is -0.550. The van der Waals surface area contributed by atoms with E-state index in [1.807, 2.05) is 36.5 Å². The monoisotopic (exact) mass is 562 g/mol. The Labute approximate surface area is 236 Å². The molecule has 0 amide bonds. The molecule has 202 valence electrons. The third kappa shape index (κ3) is 6.53. The van der Waals surface area contributed by atoms with Crippen molar-refractivity contribution in [1.29, 1.82) is 0 Å². The molecule has 0 aliphatic carbocycles. The number of hydrogen-bond acceptors (Lipinski definition) is 3. The molecule has 0 saturated carbocycles. The SMILES string of the molecule is CC.CCCCCCCCc1ccc(S2(CC(CC)CCCC)c3cc(C)sc3-c3sc(C)cc32)s1. The van der Waals surface area contributed by atoms with E-state index in [1.165, 1.54) is 86.1 Å². The Morgan fingerprint density at radius 3 is 1.89 bits per heavy atom. The molecule has 1 unspecified atom stereocenters. The summed E-state index contributed by atoms with van der Waals surface area (Å²) in [7, 11) is -1.14. The van der Waals surface area contributed by atoms with Crippen LogP contribution < -0.4 is 0 Å². The summed E-state index contributed by atoms with van der Waals surface area (Å²) >= 11 is 6.26. The van der Waals surface area contributed by atoms with E-state index in [2.05, 4.69) is 70.2 Å². The largest absolute Gasteiger partial charge is 0.148 e. The molecule has 0 aromatic carbocycles. The number of thiophene rings is 3. The highest BCUT2D eigenvalue weighted by Gasteiger charge is 2.45. The molecule has 0 fully saturated rings. The molecule has 0 nitrogen and oxygen atoms in total. The van der Waals surface area contributed by atoms with Crippen LogP contribution in [0.25, 0.3) is 9.75 Å². The van der Waals surface area contributed by atoms with Gasteiger partial charge in [-0.3, -0.25) is 0 Å². The van der Waals surface area contributed by atoms with Crippen LogP contribution in [0.2, 0.25) is 0 Å². The van der Waals surface area contributed by atoms with E-state index in [1.54, 1.807) is 28.6 Å². The highest BCUT2D eigenvalue weighted by atomic mass is 32.3. The van der Waals surface area contributed by atoms with Gasteiger partial charge in [0.2, 0.25) is 0 Å². The quantitative estimate of drug-likeness (QED) is 0.171. The van der Waals surface area contributed by atoms with E-state index in [0.717, 1.165) is 5.92 Å². The second-order valence-corrected chi connectivity index (χ2v) is 17.2. The average molecular weight is 563 g/mol. The minimum atomic E-state index is -1.14. The van der Waals surface area contributed by atoms with E-state index in [9.17, 15) is 0 Å². The van der Waals surface area contributed by atoms with E-state index in [4.69, 9.17) is 0 Å². The third-order valence-electron chi connectivity index (χ3n) is 7.39. The molecule has 0 bridgehead atoms. The molecular formula is C32H50S4. The molecule has 1 aliphatic heterocycles. The molecule has 0 spiro atoms. The van der Waals surface area contributed by atoms with Gasteiger partial charge in [-0.1, -0.05) is 86.0 Å². The summed E-state index contributed by atoms with van der Waals surface area (Å²) in [4.78, 5) is 11.2. The maximum atomic E-state index is 2.58. The highest BCUT2D eigenvalue weighted by Crippen LogP contribution is 2.80. The van der Waals surface area contributed by atoms with Crippen molar-refractivity contribution >= 4 is 44.0 Å². The van der Waals surface area contributed by atoms with Crippen LogP contribution in [0.4, 0.5) is 0 Å². The second-order valence-electron chi connectivity index (χ2n) is 10.2. The van der Waals surface area contributed by atoms with Gasteiger partial charge in [0.25, 0.3) is 0 Å². The van der Waals surface area contributed by atoms with Crippen LogP contribution in [0.5, 0.6) is 0 Å². The summed E-state index contributed by atoms with van der Waals surface area (Å²) in [5.74, 6) is 2.17. The van der Waals surface area contributed by atoms with Crippen LogP contribution in [-0.2, 0) is 6.42 Å². The fourth-order valence-corrected chi connectivity index (χ4v) is 15.4. The first-order valence-electron chi connectivity index (χ1n) is 14.6. The number of rotatable bonds is 14. The molecule has 4 heteroatoms. The van der Waals surface area contributed by atoms with Gasteiger partial charge < -0.3 is 0 Å². The number of aryl methyl sites for hydroxylation is 3. The van der Waals surface area contributed by atoms with Crippen LogP contribution in [0.1, 0.15) is 113 Å². The van der Waals surface area contributed by atoms with Gasteiger partial charge in [0.15, 0.2) is 0 Å². The maximum absolute atomic E-state index is 2.58. The first-order valence-corrected chi connectivity index (χ1v) is 18.9. The van der Waals surface area contributed by atoms with Crippen molar-refractivity contribution < 1.29 is 0 Å². The van der Waals surface area contributed by atoms with E-state index < -0.39 is 10.0 Å². The molecule has 0 radical (unpaired) electrons. The lowest BCUT2D eigenvalue weighted by Crippen LogP contribution is -2.13. The van der Waals surface area contributed by atoms with Gasteiger partial charge in [-0.2, -0.15) is 0 Å². The lowest BCUT2D eigenvalue weighted by Gasteiger charge is -2.39. The number of unbranched alkanes of at least 4 members (excludes halogenated alkanes) is 6. The predicted molar refractivity (Wildman–Crippen MR) is 170 cm³/mol. The number of fused-ring (bicyclic) bond motifs is 3. The third-order valence-corrected chi connectivity index (χ3v) is 15.9. The van der Waals surface area contributed by atoms with Crippen LogP contribution >= 0.6 is 44.0 Å². The second kappa shape index (κ2) is 14.6. The van der Waals surface area contributed by atoms with Gasteiger partial charge in [0, 0.05) is 24.4 Å². The van der Waals surface area contributed by atoms with Crippen LogP contribution in [0, 0.1) is 19.8 Å². The minimum absolute atomic E-state index is 0.818. The van der Waals surface area contributed by atoms with Crippen molar-refractivity contribution in [3.8, 4) is 9.75 Å². The predicted octanol–water partition coefficient (Wildman–Crippen LogP) is 12.9. The van der Waals surface area contributed by atoms with Crippen molar-refractivity contribution in [2.24, 2.45) is 5.92 Å². The maximum Gasteiger partial charge on any atom is 0.0584 e. The van der Waals surface area contributed by atoms with Crippen LogP contribution in [0.3, 0.4) is 0 Å². The van der Waals surface area contributed by atoms with Gasteiger partial charge in [0.1, 0.15) is 0 Å². The summed E-state index contributed by atoms with van der Waals surface area (Å²) in [5, 5.41) is 0. The van der Waals surface area contributed by atoms with Crippen molar-refractivity contribution in [1.82, 2.24) is 0 Å². The fraction of sp³-hybridized carbons (Fsp3) is 0.625. The molecular weight excluding hydrogens is 513 g/mol. The Bertz CT molecular complexity index is 1000.